The van der Waals surface area contributed by atoms with Crippen LogP contribution in [0.25, 0.3) is 0 Å². The van der Waals surface area contributed by atoms with Crippen LogP contribution in [0.1, 0.15) is 30.7 Å². The number of benzene rings is 1. The number of hydrogen-bond donors (Lipinski definition) is 0. The minimum atomic E-state index is -0.101. The van der Waals surface area contributed by atoms with Crippen molar-refractivity contribution in [2.75, 3.05) is 53.4 Å². The van der Waals surface area contributed by atoms with E-state index in [0.29, 0.717) is 0 Å². The Balaban J connectivity index is 1.41. The van der Waals surface area contributed by atoms with Gasteiger partial charge in [0.1, 0.15) is 0 Å². The normalized spacial score (nSPS) is 26.1. The quantitative estimate of drug-likeness (QED) is 0.758. The van der Waals surface area contributed by atoms with E-state index >= 15 is 0 Å². The van der Waals surface area contributed by atoms with Gasteiger partial charge in [-0.1, -0.05) is 30.3 Å². The number of nitrogens with zero attached hydrogens (tertiary/aromatic N) is 4. The highest BCUT2D eigenvalue weighted by molar-refractivity contribution is 5.87. The zero-order chi connectivity index (χ0) is 19.0. The van der Waals surface area contributed by atoms with Gasteiger partial charge in [0.15, 0.2) is 0 Å². The first-order valence-corrected chi connectivity index (χ1v) is 10.1. The molecule has 3 heterocycles. The van der Waals surface area contributed by atoms with E-state index in [2.05, 4.69) is 24.1 Å². The van der Waals surface area contributed by atoms with Crippen molar-refractivity contribution in [3.05, 3.63) is 35.9 Å². The maximum Gasteiger partial charge on any atom is 0.320 e. The lowest BCUT2D eigenvalue weighted by molar-refractivity contribution is -0.131. The predicted molar refractivity (Wildman–Crippen MR) is 105 cm³/mol. The van der Waals surface area contributed by atoms with Crippen molar-refractivity contribution in [3.8, 4) is 0 Å². The topological polar surface area (TPSA) is 47.1 Å². The third kappa shape index (κ3) is 3.31. The van der Waals surface area contributed by atoms with Crippen molar-refractivity contribution in [1.29, 1.82) is 0 Å². The fraction of sp³-hybridized carbons (Fsp3) is 0.619. The SMILES string of the molecule is CN1CCN(C(=O)N2CCC3(CC2)CC(c2ccccc2)C(=O)N3C)CC1. The third-order valence-electron chi connectivity index (χ3n) is 6.86. The number of urea groups is 1. The minimum absolute atomic E-state index is 0.0453. The number of likely N-dealkylation sites (tertiary alicyclic amines) is 2. The summed E-state index contributed by atoms with van der Waals surface area (Å²) in [6, 6.07) is 10.3. The third-order valence-corrected chi connectivity index (χ3v) is 6.86. The van der Waals surface area contributed by atoms with Crippen LogP contribution in [0.15, 0.2) is 30.3 Å². The molecule has 3 amide bonds. The lowest BCUT2D eigenvalue weighted by Gasteiger charge is -2.45. The smallest absolute Gasteiger partial charge is 0.320 e. The second-order valence-corrected chi connectivity index (χ2v) is 8.35. The molecule has 3 fully saturated rings. The molecule has 0 radical (unpaired) electrons. The Labute approximate surface area is 161 Å². The number of carbonyl (C=O) groups is 2. The van der Waals surface area contributed by atoms with Crippen LogP contribution < -0.4 is 0 Å². The van der Waals surface area contributed by atoms with Gasteiger partial charge < -0.3 is 19.6 Å². The molecule has 1 unspecified atom stereocenters. The molecule has 146 valence electrons. The molecule has 1 atom stereocenters. The summed E-state index contributed by atoms with van der Waals surface area (Å²) in [6.45, 7) is 4.99. The van der Waals surface area contributed by atoms with Crippen LogP contribution in [0.4, 0.5) is 4.79 Å². The van der Waals surface area contributed by atoms with Gasteiger partial charge in [0, 0.05) is 51.9 Å². The summed E-state index contributed by atoms with van der Waals surface area (Å²) < 4.78 is 0. The second kappa shape index (κ2) is 7.15. The summed E-state index contributed by atoms with van der Waals surface area (Å²) in [4.78, 5) is 34.0. The molecule has 27 heavy (non-hydrogen) atoms. The Morgan fingerprint density at radius 3 is 2.15 bits per heavy atom. The Morgan fingerprint density at radius 1 is 0.926 bits per heavy atom. The maximum absolute atomic E-state index is 12.9. The largest absolute Gasteiger partial charge is 0.339 e. The molecule has 0 aliphatic carbocycles. The van der Waals surface area contributed by atoms with Crippen LogP contribution in [-0.4, -0.2) is 90.4 Å². The average molecular weight is 370 g/mol. The zero-order valence-electron chi connectivity index (χ0n) is 16.4. The number of rotatable bonds is 1. The fourth-order valence-corrected chi connectivity index (χ4v) is 4.87. The van der Waals surface area contributed by atoms with E-state index in [1.54, 1.807) is 0 Å². The van der Waals surface area contributed by atoms with Gasteiger partial charge in [0.05, 0.1) is 5.92 Å². The van der Waals surface area contributed by atoms with Crippen molar-refractivity contribution in [3.63, 3.8) is 0 Å². The highest BCUT2D eigenvalue weighted by Crippen LogP contribution is 2.44. The van der Waals surface area contributed by atoms with Crippen LogP contribution in [0.3, 0.4) is 0 Å². The summed E-state index contributed by atoms with van der Waals surface area (Å²) >= 11 is 0. The lowest BCUT2D eigenvalue weighted by atomic mass is 9.81. The number of likely N-dealkylation sites (N-methyl/N-ethyl adjacent to an activating group) is 2. The summed E-state index contributed by atoms with van der Waals surface area (Å²) in [5, 5.41) is 0. The van der Waals surface area contributed by atoms with E-state index in [0.717, 1.165) is 64.1 Å². The average Bonchev–Trinajstić information content (AvgIpc) is 2.95. The van der Waals surface area contributed by atoms with Gasteiger partial charge in [0.2, 0.25) is 5.91 Å². The van der Waals surface area contributed by atoms with Crippen molar-refractivity contribution in [1.82, 2.24) is 19.6 Å². The van der Waals surface area contributed by atoms with E-state index in [4.69, 9.17) is 0 Å². The molecule has 6 nitrogen and oxygen atoms in total. The predicted octanol–water partition coefficient (Wildman–Crippen LogP) is 1.83. The van der Waals surface area contributed by atoms with Gasteiger partial charge in [-0.25, -0.2) is 4.79 Å². The Kier molecular flexibility index (Phi) is 4.84. The molecule has 6 heteroatoms. The van der Waals surface area contributed by atoms with Crippen LogP contribution in [0.5, 0.6) is 0 Å². The van der Waals surface area contributed by atoms with Crippen LogP contribution >= 0.6 is 0 Å². The van der Waals surface area contributed by atoms with Gasteiger partial charge in [0.25, 0.3) is 0 Å². The van der Waals surface area contributed by atoms with Crippen LogP contribution in [0.2, 0.25) is 0 Å². The Bertz CT molecular complexity index is 691. The Morgan fingerprint density at radius 2 is 1.52 bits per heavy atom. The highest BCUT2D eigenvalue weighted by atomic mass is 16.2. The standard InChI is InChI=1S/C21H30N4O2/c1-22-12-14-25(15-13-22)20(27)24-10-8-21(9-11-24)16-18(19(26)23(21)2)17-6-4-3-5-7-17/h3-7,18H,8-16H2,1-2H3. The van der Waals surface area contributed by atoms with Gasteiger partial charge in [-0.15, -0.1) is 0 Å². The second-order valence-electron chi connectivity index (χ2n) is 8.35. The molecule has 0 saturated carbocycles. The van der Waals surface area contributed by atoms with Gasteiger partial charge >= 0.3 is 6.03 Å². The van der Waals surface area contributed by atoms with Crippen LogP contribution in [-0.2, 0) is 4.79 Å². The molecule has 3 saturated heterocycles. The number of hydrogen-bond acceptors (Lipinski definition) is 3. The van der Waals surface area contributed by atoms with E-state index in [1.165, 1.54) is 0 Å². The first-order valence-electron chi connectivity index (χ1n) is 10.1. The van der Waals surface area contributed by atoms with Gasteiger partial charge in [-0.2, -0.15) is 0 Å². The molecule has 1 spiro atoms. The first-order chi connectivity index (χ1) is 13.0. The highest BCUT2D eigenvalue weighted by Gasteiger charge is 2.51. The maximum atomic E-state index is 12.9. The summed E-state index contributed by atoms with van der Waals surface area (Å²) in [5.74, 6) is 0.177. The van der Waals surface area contributed by atoms with E-state index in [-0.39, 0.29) is 23.4 Å². The molecule has 3 aliphatic rings. The minimum Gasteiger partial charge on any atom is -0.339 e. The molecular formula is C21H30N4O2. The van der Waals surface area contributed by atoms with Crippen molar-refractivity contribution in [2.45, 2.75) is 30.7 Å². The van der Waals surface area contributed by atoms with Crippen molar-refractivity contribution >= 4 is 11.9 Å². The number of piperazine rings is 1. The van der Waals surface area contributed by atoms with Crippen LogP contribution in [0, 0.1) is 0 Å². The number of amides is 3. The molecule has 0 N–H and O–H groups in total. The van der Waals surface area contributed by atoms with E-state index in [9.17, 15) is 9.59 Å². The van der Waals surface area contributed by atoms with E-state index in [1.807, 2.05) is 39.9 Å². The fourth-order valence-electron chi connectivity index (χ4n) is 4.87. The summed E-state index contributed by atoms with van der Waals surface area (Å²) in [5.41, 5.74) is 1.01. The molecule has 1 aromatic carbocycles. The van der Waals surface area contributed by atoms with Gasteiger partial charge in [-0.3, -0.25) is 4.79 Å². The first kappa shape index (κ1) is 18.3. The lowest BCUT2D eigenvalue weighted by Crippen LogP contribution is -2.57. The molecule has 1 aromatic rings. The number of carbonyl (C=O) groups excluding carboxylic acids is 2. The number of piperidine rings is 1. The zero-order valence-corrected chi connectivity index (χ0v) is 16.4. The van der Waals surface area contributed by atoms with Crippen molar-refractivity contribution in [2.24, 2.45) is 0 Å². The molecule has 0 bridgehead atoms. The molecular weight excluding hydrogens is 340 g/mol. The monoisotopic (exact) mass is 370 g/mol. The van der Waals surface area contributed by atoms with Crippen molar-refractivity contribution < 1.29 is 9.59 Å². The molecule has 3 aliphatic heterocycles. The molecule has 4 rings (SSSR count). The van der Waals surface area contributed by atoms with E-state index < -0.39 is 0 Å². The van der Waals surface area contributed by atoms with Gasteiger partial charge in [-0.05, 0) is 31.9 Å². The summed E-state index contributed by atoms with van der Waals surface area (Å²) in [7, 11) is 4.05. The molecule has 0 aromatic heterocycles. The summed E-state index contributed by atoms with van der Waals surface area (Å²) in [6.07, 6.45) is 2.61. The Hall–Kier alpha value is -2.08.